The maximum atomic E-state index is 12.9. The Morgan fingerprint density at radius 1 is 1.15 bits per heavy atom. The summed E-state index contributed by atoms with van der Waals surface area (Å²) in [7, 11) is 3.54. The van der Waals surface area contributed by atoms with Gasteiger partial charge in [-0.2, -0.15) is 0 Å². The number of nitrogens with zero attached hydrogens (tertiary/aromatic N) is 4. The van der Waals surface area contributed by atoms with Crippen LogP contribution in [0.2, 0.25) is 0 Å². The summed E-state index contributed by atoms with van der Waals surface area (Å²) in [6, 6.07) is 14.4. The molecule has 0 unspecified atom stereocenters. The maximum absolute atomic E-state index is 12.9. The van der Waals surface area contributed by atoms with Gasteiger partial charge >= 0.3 is 0 Å². The van der Waals surface area contributed by atoms with Crippen molar-refractivity contribution in [1.82, 2.24) is 14.5 Å². The van der Waals surface area contributed by atoms with Gasteiger partial charge in [-0.3, -0.25) is 14.9 Å². The van der Waals surface area contributed by atoms with Crippen LogP contribution in [0.5, 0.6) is 0 Å². The monoisotopic (exact) mass is 465 g/mol. The van der Waals surface area contributed by atoms with E-state index in [2.05, 4.69) is 39.9 Å². The predicted octanol–water partition coefficient (Wildman–Crippen LogP) is 4.80. The summed E-state index contributed by atoms with van der Waals surface area (Å²) in [5.41, 5.74) is 2.83. The van der Waals surface area contributed by atoms with Crippen LogP contribution < -0.4 is 10.2 Å². The molecule has 0 radical (unpaired) electrons. The number of aryl methyl sites for hydroxylation is 1. The van der Waals surface area contributed by atoms with E-state index in [1.807, 2.05) is 29.0 Å². The molecule has 1 atom stereocenters. The van der Waals surface area contributed by atoms with Gasteiger partial charge in [-0.15, -0.1) is 11.3 Å². The Bertz CT molecular complexity index is 1080. The van der Waals surface area contributed by atoms with E-state index < -0.39 is 0 Å². The molecule has 2 aromatic heterocycles. The van der Waals surface area contributed by atoms with Crippen LogP contribution in [0.3, 0.4) is 0 Å². The van der Waals surface area contributed by atoms with Gasteiger partial charge in [0.25, 0.3) is 5.91 Å². The minimum absolute atomic E-state index is 0.133. The summed E-state index contributed by atoms with van der Waals surface area (Å²) in [5.74, 6) is -0.0234. The van der Waals surface area contributed by atoms with Gasteiger partial charge in [0, 0.05) is 50.9 Å². The van der Waals surface area contributed by atoms with Crippen LogP contribution in [0, 0.1) is 0 Å². The fraction of sp³-hybridized carbons (Fsp3) is 0.400. The fourth-order valence-electron chi connectivity index (χ4n) is 4.26. The number of amides is 2. The second kappa shape index (κ2) is 10.7. The minimum atomic E-state index is -0.156. The molecule has 3 heterocycles. The van der Waals surface area contributed by atoms with E-state index in [1.54, 1.807) is 19.0 Å². The van der Waals surface area contributed by atoms with Gasteiger partial charge in [-0.1, -0.05) is 18.2 Å². The molecule has 3 aromatic rings. The molecule has 1 aromatic carbocycles. The van der Waals surface area contributed by atoms with E-state index in [4.69, 9.17) is 4.98 Å². The van der Waals surface area contributed by atoms with Crippen molar-refractivity contribution in [1.29, 1.82) is 0 Å². The van der Waals surface area contributed by atoms with Gasteiger partial charge in [0.05, 0.1) is 11.7 Å². The van der Waals surface area contributed by atoms with Crippen molar-refractivity contribution in [2.75, 3.05) is 30.9 Å². The molecule has 0 bridgehead atoms. The standard InChI is InChI=1S/C25H31N5O2S/c1-28(2)23(31)14-6-7-15-29-16-8-13-22(29)24(32)27-25-26-20(18-33-25)21-12-9-17-30(21)19-10-4-3-5-11-19/h3-5,8,10-11,13,16,18,21H,6-7,9,12,14-15,17H2,1-2H3,(H,26,27,32)/t21-/m1/s1. The zero-order valence-corrected chi connectivity index (χ0v) is 20.1. The van der Waals surface area contributed by atoms with Gasteiger partial charge in [-0.05, 0) is 49.9 Å². The number of rotatable bonds is 9. The second-order valence-electron chi connectivity index (χ2n) is 8.55. The second-order valence-corrected chi connectivity index (χ2v) is 9.41. The van der Waals surface area contributed by atoms with Crippen LogP contribution in [0.1, 0.15) is 54.3 Å². The number of carbonyl (C=O) groups is 2. The number of carbonyl (C=O) groups excluding carboxylic acids is 2. The topological polar surface area (TPSA) is 70.5 Å². The molecule has 2 amide bonds. The van der Waals surface area contributed by atoms with Gasteiger partial charge in [0.15, 0.2) is 5.13 Å². The Hall–Kier alpha value is -3.13. The van der Waals surface area contributed by atoms with E-state index >= 15 is 0 Å². The molecule has 0 saturated carbocycles. The average Bonchev–Trinajstić information content (AvgIpc) is 3.57. The minimum Gasteiger partial charge on any atom is -0.363 e. The molecular weight excluding hydrogens is 434 g/mol. The lowest BCUT2D eigenvalue weighted by atomic mass is 10.1. The molecule has 8 heteroatoms. The van der Waals surface area contributed by atoms with Gasteiger partial charge in [0.1, 0.15) is 5.69 Å². The first-order valence-electron chi connectivity index (χ1n) is 11.5. The first kappa shape index (κ1) is 23.0. The van der Waals surface area contributed by atoms with E-state index in [0.717, 1.165) is 37.9 Å². The molecule has 174 valence electrons. The lowest BCUT2D eigenvalue weighted by molar-refractivity contribution is -0.128. The zero-order chi connectivity index (χ0) is 23.2. The van der Waals surface area contributed by atoms with E-state index in [1.165, 1.54) is 17.0 Å². The first-order chi connectivity index (χ1) is 16.0. The normalized spacial score (nSPS) is 15.6. The van der Waals surface area contributed by atoms with Crippen LogP contribution in [-0.4, -0.2) is 46.9 Å². The Balaban J connectivity index is 1.35. The zero-order valence-electron chi connectivity index (χ0n) is 19.2. The summed E-state index contributed by atoms with van der Waals surface area (Å²) >= 11 is 1.47. The van der Waals surface area contributed by atoms with Crippen LogP contribution in [-0.2, 0) is 11.3 Å². The molecule has 1 saturated heterocycles. The quantitative estimate of drug-likeness (QED) is 0.461. The molecule has 33 heavy (non-hydrogen) atoms. The third kappa shape index (κ3) is 5.63. The highest BCUT2D eigenvalue weighted by Gasteiger charge is 2.28. The number of hydrogen-bond donors (Lipinski definition) is 1. The van der Waals surface area contributed by atoms with Crippen LogP contribution in [0.25, 0.3) is 0 Å². The molecule has 0 spiro atoms. The summed E-state index contributed by atoms with van der Waals surface area (Å²) in [5, 5.41) is 5.66. The van der Waals surface area contributed by atoms with Crippen LogP contribution in [0.15, 0.2) is 54.0 Å². The Kier molecular flexibility index (Phi) is 7.44. The van der Waals surface area contributed by atoms with Crippen molar-refractivity contribution >= 4 is 34.0 Å². The van der Waals surface area contributed by atoms with Crippen molar-refractivity contribution in [3.8, 4) is 0 Å². The lowest BCUT2D eigenvalue weighted by Gasteiger charge is -2.25. The SMILES string of the molecule is CN(C)C(=O)CCCCn1cccc1C(=O)Nc1nc([C@H]2CCCN2c2ccccc2)cs1. The number of nitrogens with one attached hydrogen (secondary N) is 1. The number of hydrogen-bond acceptors (Lipinski definition) is 5. The molecule has 1 N–H and O–H groups in total. The van der Waals surface area contributed by atoms with E-state index in [9.17, 15) is 9.59 Å². The van der Waals surface area contributed by atoms with Gasteiger partial charge < -0.3 is 14.4 Å². The molecule has 0 aliphatic carbocycles. The largest absolute Gasteiger partial charge is 0.363 e. The number of thiazole rings is 1. The molecule has 4 rings (SSSR count). The smallest absolute Gasteiger partial charge is 0.274 e. The Morgan fingerprint density at radius 2 is 1.97 bits per heavy atom. The summed E-state index contributed by atoms with van der Waals surface area (Å²) in [6.07, 6.45) is 6.26. The molecule has 1 aliphatic rings. The summed E-state index contributed by atoms with van der Waals surface area (Å²) in [4.78, 5) is 33.4. The number of anilines is 2. The van der Waals surface area contributed by atoms with Crippen molar-refractivity contribution in [3.63, 3.8) is 0 Å². The van der Waals surface area contributed by atoms with Crippen molar-refractivity contribution < 1.29 is 9.59 Å². The molecule has 1 aliphatic heterocycles. The summed E-state index contributed by atoms with van der Waals surface area (Å²) < 4.78 is 1.94. The average molecular weight is 466 g/mol. The van der Waals surface area contributed by atoms with Gasteiger partial charge in [-0.25, -0.2) is 4.98 Å². The molecule has 7 nitrogen and oxygen atoms in total. The fourth-order valence-corrected chi connectivity index (χ4v) is 5.01. The predicted molar refractivity (Wildman–Crippen MR) is 133 cm³/mol. The third-order valence-corrected chi connectivity index (χ3v) is 6.80. The van der Waals surface area contributed by atoms with Crippen molar-refractivity contribution in [2.45, 2.75) is 44.7 Å². The Morgan fingerprint density at radius 3 is 2.76 bits per heavy atom. The number of benzene rings is 1. The number of para-hydroxylation sites is 1. The highest BCUT2D eigenvalue weighted by atomic mass is 32.1. The van der Waals surface area contributed by atoms with Crippen LogP contribution >= 0.6 is 11.3 Å². The maximum Gasteiger partial charge on any atom is 0.274 e. The number of unbranched alkanes of at least 4 members (excludes halogenated alkanes) is 1. The van der Waals surface area contributed by atoms with E-state index in [0.29, 0.717) is 23.8 Å². The molecule has 1 fully saturated rings. The highest BCUT2D eigenvalue weighted by molar-refractivity contribution is 7.14. The van der Waals surface area contributed by atoms with E-state index in [-0.39, 0.29) is 17.9 Å². The third-order valence-electron chi connectivity index (χ3n) is 6.03. The van der Waals surface area contributed by atoms with Crippen LogP contribution in [0.4, 0.5) is 10.8 Å². The van der Waals surface area contributed by atoms with Crippen molar-refractivity contribution in [2.24, 2.45) is 0 Å². The Labute approximate surface area is 199 Å². The van der Waals surface area contributed by atoms with Crippen molar-refractivity contribution in [3.05, 3.63) is 65.4 Å². The summed E-state index contributed by atoms with van der Waals surface area (Å²) in [6.45, 7) is 1.72. The number of aromatic nitrogens is 2. The highest BCUT2D eigenvalue weighted by Crippen LogP contribution is 2.37. The molecular formula is C25H31N5O2S. The first-order valence-corrected chi connectivity index (χ1v) is 12.3. The lowest BCUT2D eigenvalue weighted by Crippen LogP contribution is -2.22. The van der Waals surface area contributed by atoms with Gasteiger partial charge in [0.2, 0.25) is 5.91 Å².